The maximum absolute atomic E-state index is 12.1. The average molecular weight is 374 g/mol. The molecule has 1 aliphatic rings. The topological polar surface area (TPSA) is 71.8 Å². The van der Waals surface area contributed by atoms with Crippen LogP contribution in [0.25, 0.3) is 11.0 Å². The van der Waals surface area contributed by atoms with E-state index in [9.17, 15) is 9.59 Å². The quantitative estimate of drug-likeness (QED) is 0.776. The molecule has 6 nitrogen and oxygen atoms in total. The lowest BCUT2D eigenvalue weighted by Crippen LogP contribution is -2.44. The van der Waals surface area contributed by atoms with Gasteiger partial charge in [0, 0.05) is 30.6 Å². The van der Waals surface area contributed by atoms with Crippen LogP contribution in [0.15, 0.2) is 39.5 Å². The number of nitrogens with zero attached hydrogens (tertiary/aromatic N) is 1. The van der Waals surface area contributed by atoms with E-state index < -0.39 is 5.60 Å². The predicted molar refractivity (Wildman–Crippen MR) is 108 cm³/mol. The van der Waals surface area contributed by atoms with Crippen LogP contribution in [-0.2, 0) is 4.74 Å². The van der Waals surface area contributed by atoms with Gasteiger partial charge in [0.05, 0.1) is 5.69 Å². The van der Waals surface area contributed by atoms with Crippen molar-refractivity contribution in [2.75, 3.05) is 18.4 Å². The van der Waals surface area contributed by atoms with Crippen LogP contribution in [0.3, 0.4) is 0 Å². The second kappa shape index (κ2) is 8.93. The van der Waals surface area contributed by atoms with Crippen LogP contribution >= 0.6 is 0 Å². The van der Waals surface area contributed by atoms with E-state index in [4.69, 9.17) is 9.15 Å². The number of carbonyl (C=O) groups is 1. The van der Waals surface area contributed by atoms with E-state index in [1.165, 1.54) is 6.07 Å². The Morgan fingerprint density at radius 2 is 1.81 bits per heavy atom. The molecule has 2 heterocycles. The summed E-state index contributed by atoms with van der Waals surface area (Å²) < 4.78 is 10.6. The molecule has 1 N–H and O–H groups in total. The number of piperidine rings is 1. The number of hydrogen-bond donors (Lipinski definition) is 1. The molecule has 1 aromatic heterocycles. The highest BCUT2D eigenvalue weighted by Gasteiger charge is 2.27. The van der Waals surface area contributed by atoms with Crippen LogP contribution < -0.4 is 10.9 Å². The lowest BCUT2D eigenvalue weighted by atomic mass is 10.0. The van der Waals surface area contributed by atoms with Gasteiger partial charge in [-0.3, -0.25) is 0 Å². The Balaban J connectivity index is 0.00000126. The number of rotatable bonds is 2. The van der Waals surface area contributed by atoms with Gasteiger partial charge >= 0.3 is 11.7 Å². The van der Waals surface area contributed by atoms with E-state index in [-0.39, 0.29) is 17.8 Å². The van der Waals surface area contributed by atoms with Crippen molar-refractivity contribution in [1.29, 1.82) is 0 Å². The number of likely N-dealkylation sites (tertiary alicyclic amines) is 1. The Labute approximate surface area is 160 Å². The van der Waals surface area contributed by atoms with Crippen LogP contribution in [0.5, 0.6) is 0 Å². The first-order valence-electron chi connectivity index (χ1n) is 9.59. The van der Waals surface area contributed by atoms with E-state index >= 15 is 0 Å². The van der Waals surface area contributed by atoms with Crippen molar-refractivity contribution in [3.05, 3.63) is 40.8 Å². The van der Waals surface area contributed by atoms with Gasteiger partial charge in [0.15, 0.2) is 0 Å². The highest BCUT2D eigenvalue weighted by atomic mass is 16.6. The van der Waals surface area contributed by atoms with Gasteiger partial charge in [0.2, 0.25) is 0 Å². The molecule has 1 aliphatic heterocycles. The minimum Gasteiger partial charge on any atom is -0.444 e. The minimum absolute atomic E-state index is 0.198. The van der Waals surface area contributed by atoms with Crippen LogP contribution in [-0.4, -0.2) is 35.7 Å². The van der Waals surface area contributed by atoms with Crippen molar-refractivity contribution in [3.63, 3.8) is 0 Å². The van der Waals surface area contributed by atoms with Gasteiger partial charge in [-0.2, -0.15) is 0 Å². The third kappa shape index (κ3) is 5.74. The predicted octanol–water partition coefficient (Wildman–Crippen LogP) is 4.63. The van der Waals surface area contributed by atoms with E-state index in [1.807, 2.05) is 52.8 Å². The van der Waals surface area contributed by atoms with Crippen LogP contribution in [0.1, 0.15) is 47.5 Å². The van der Waals surface area contributed by atoms with Crippen LogP contribution in [0, 0.1) is 0 Å². The standard InChI is InChI=1S/C19H24N2O4.C2H6/c1-19(2,3)25-18(23)21-10-8-13(9-11-21)20-15-12-17(22)24-16-7-5-4-6-14(15)16;1-2/h4-7,12-13,20H,8-11H2,1-3H3;1-2H3. The number of anilines is 1. The number of carbonyl (C=O) groups excluding carboxylic acids is 1. The van der Waals surface area contributed by atoms with Crippen molar-refractivity contribution < 1.29 is 13.9 Å². The van der Waals surface area contributed by atoms with Gasteiger partial charge in [-0.05, 0) is 45.7 Å². The Morgan fingerprint density at radius 1 is 1.19 bits per heavy atom. The zero-order valence-corrected chi connectivity index (χ0v) is 16.9. The normalized spacial score (nSPS) is 15.1. The largest absolute Gasteiger partial charge is 0.444 e. The van der Waals surface area contributed by atoms with E-state index in [1.54, 1.807) is 11.0 Å². The first-order chi connectivity index (χ1) is 12.8. The molecule has 0 spiro atoms. The Kier molecular flexibility index (Phi) is 6.88. The Bertz CT molecular complexity index is 815. The maximum Gasteiger partial charge on any atom is 0.410 e. The third-order valence-electron chi connectivity index (χ3n) is 4.16. The molecule has 3 rings (SSSR count). The fourth-order valence-corrected chi connectivity index (χ4v) is 2.98. The number of hydrogen-bond acceptors (Lipinski definition) is 5. The van der Waals surface area contributed by atoms with Crippen LogP contribution in [0.4, 0.5) is 10.5 Å². The lowest BCUT2D eigenvalue weighted by molar-refractivity contribution is 0.0210. The minimum atomic E-state index is -0.483. The summed E-state index contributed by atoms with van der Waals surface area (Å²) in [7, 11) is 0. The highest BCUT2D eigenvalue weighted by molar-refractivity contribution is 5.89. The molecule has 148 valence electrons. The number of fused-ring (bicyclic) bond motifs is 1. The number of para-hydroxylation sites is 1. The summed E-state index contributed by atoms with van der Waals surface area (Å²) in [4.78, 5) is 25.6. The SMILES string of the molecule is CC.CC(C)(C)OC(=O)N1CCC(Nc2cc(=O)oc3ccccc23)CC1. The molecule has 1 fully saturated rings. The smallest absolute Gasteiger partial charge is 0.410 e. The molecular formula is C21H30N2O4. The summed E-state index contributed by atoms with van der Waals surface area (Å²) >= 11 is 0. The zero-order chi connectivity index (χ0) is 20.0. The number of ether oxygens (including phenoxy) is 1. The molecule has 0 saturated carbocycles. The summed E-state index contributed by atoms with van der Waals surface area (Å²) in [6, 6.07) is 9.16. The highest BCUT2D eigenvalue weighted by Crippen LogP contribution is 2.24. The first-order valence-corrected chi connectivity index (χ1v) is 9.59. The van der Waals surface area contributed by atoms with E-state index in [0.717, 1.165) is 23.9 Å². The summed E-state index contributed by atoms with van der Waals surface area (Å²) in [6.07, 6.45) is 1.33. The fraction of sp³-hybridized carbons (Fsp3) is 0.524. The number of benzene rings is 1. The molecule has 1 amide bonds. The van der Waals surface area contributed by atoms with E-state index in [2.05, 4.69) is 5.32 Å². The number of nitrogens with one attached hydrogen (secondary N) is 1. The molecular weight excluding hydrogens is 344 g/mol. The second-order valence-corrected chi connectivity index (χ2v) is 7.36. The monoisotopic (exact) mass is 374 g/mol. The third-order valence-corrected chi connectivity index (χ3v) is 4.16. The summed E-state index contributed by atoms with van der Waals surface area (Å²) in [5.41, 5.74) is 0.502. The van der Waals surface area contributed by atoms with Gasteiger partial charge < -0.3 is 19.4 Å². The van der Waals surface area contributed by atoms with Crippen molar-refractivity contribution >= 4 is 22.7 Å². The van der Waals surface area contributed by atoms with Gasteiger partial charge in [-0.1, -0.05) is 26.0 Å². The summed E-state index contributed by atoms with van der Waals surface area (Å²) in [5.74, 6) is 0. The molecule has 1 saturated heterocycles. The average Bonchev–Trinajstić information content (AvgIpc) is 2.62. The Morgan fingerprint density at radius 3 is 2.44 bits per heavy atom. The summed E-state index contributed by atoms with van der Waals surface area (Å²) in [5, 5.41) is 4.32. The van der Waals surface area contributed by atoms with Crippen molar-refractivity contribution in [2.45, 2.75) is 59.1 Å². The molecule has 0 radical (unpaired) electrons. The molecule has 0 aliphatic carbocycles. The molecule has 0 bridgehead atoms. The van der Waals surface area contributed by atoms with Gasteiger partial charge in [0.25, 0.3) is 0 Å². The van der Waals surface area contributed by atoms with Crippen molar-refractivity contribution in [3.8, 4) is 0 Å². The van der Waals surface area contributed by atoms with Gasteiger partial charge in [-0.25, -0.2) is 9.59 Å². The van der Waals surface area contributed by atoms with Gasteiger partial charge in [-0.15, -0.1) is 0 Å². The van der Waals surface area contributed by atoms with Crippen molar-refractivity contribution in [1.82, 2.24) is 4.90 Å². The maximum atomic E-state index is 12.1. The van der Waals surface area contributed by atoms with Gasteiger partial charge in [0.1, 0.15) is 11.2 Å². The molecule has 1 aromatic carbocycles. The molecule has 27 heavy (non-hydrogen) atoms. The fourth-order valence-electron chi connectivity index (χ4n) is 2.98. The van der Waals surface area contributed by atoms with E-state index in [0.29, 0.717) is 18.7 Å². The lowest BCUT2D eigenvalue weighted by Gasteiger charge is -2.34. The number of amides is 1. The molecule has 0 atom stereocenters. The molecule has 2 aromatic rings. The molecule has 6 heteroatoms. The zero-order valence-electron chi connectivity index (χ0n) is 16.9. The van der Waals surface area contributed by atoms with Crippen LogP contribution in [0.2, 0.25) is 0 Å². The molecule has 0 unspecified atom stereocenters. The second-order valence-electron chi connectivity index (χ2n) is 7.36. The summed E-state index contributed by atoms with van der Waals surface area (Å²) in [6.45, 7) is 10.9. The van der Waals surface area contributed by atoms with Crippen molar-refractivity contribution in [2.24, 2.45) is 0 Å². The first kappa shape index (κ1) is 20.8. The Hall–Kier alpha value is -2.50.